The van der Waals surface area contributed by atoms with Crippen LogP contribution >= 0.6 is 0 Å². The van der Waals surface area contributed by atoms with Crippen molar-refractivity contribution in [1.29, 1.82) is 0 Å². The van der Waals surface area contributed by atoms with Gasteiger partial charge in [-0.15, -0.1) is 0 Å². The summed E-state index contributed by atoms with van der Waals surface area (Å²) in [5, 5.41) is 0. The lowest BCUT2D eigenvalue weighted by atomic mass is 10.1. The second kappa shape index (κ2) is 10.3. The Kier molecular flexibility index (Phi) is 6.61. The Morgan fingerprint density at radius 3 is 1.87 bits per heavy atom. The molecule has 38 heavy (non-hydrogen) atoms. The van der Waals surface area contributed by atoms with E-state index in [0.717, 1.165) is 4.90 Å². The number of Topliss-reactive ketones (excluding diaryl/α,β-unsaturated/α-hetero) is 1. The number of rotatable bonds is 7. The zero-order valence-electron chi connectivity index (χ0n) is 19.8. The molecule has 0 atom stereocenters. The molecule has 0 spiro atoms. The lowest BCUT2D eigenvalue weighted by molar-refractivity contribution is 0.0474. The number of ether oxygens (including phenoxy) is 2. The lowest BCUT2D eigenvalue weighted by Gasteiger charge is -2.14. The first-order valence-corrected chi connectivity index (χ1v) is 11.6. The molecule has 2 amide bonds. The number of esters is 2. The predicted octanol–water partition coefficient (Wildman–Crippen LogP) is 4.75. The molecule has 186 valence electrons. The number of hydrogen-bond acceptors (Lipinski definition) is 7. The minimum Gasteiger partial charge on any atom is -0.454 e. The first-order valence-electron chi connectivity index (χ1n) is 11.6. The average Bonchev–Trinajstić information content (AvgIpc) is 3.22. The number of fused-ring (bicyclic) bond motifs is 1. The molecule has 0 aliphatic carbocycles. The Morgan fingerprint density at radius 2 is 1.21 bits per heavy atom. The minimum atomic E-state index is -0.787. The van der Waals surface area contributed by atoms with Crippen LogP contribution in [0, 0.1) is 0 Å². The fourth-order valence-electron chi connectivity index (χ4n) is 3.94. The Hall–Kier alpha value is -5.37. The van der Waals surface area contributed by atoms with E-state index in [1.807, 2.05) is 0 Å². The molecule has 0 unspecified atom stereocenters. The maximum absolute atomic E-state index is 12.7. The third kappa shape index (κ3) is 4.83. The van der Waals surface area contributed by atoms with Gasteiger partial charge < -0.3 is 9.47 Å². The summed E-state index contributed by atoms with van der Waals surface area (Å²) in [7, 11) is 0. The van der Waals surface area contributed by atoms with Crippen LogP contribution in [0.5, 0.6) is 5.75 Å². The molecule has 0 radical (unpaired) electrons. The highest BCUT2D eigenvalue weighted by atomic mass is 16.5. The van der Waals surface area contributed by atoms with Gasteiger partial charge in [0.1, 0.15) is 5.75 Å². The smallest absolute Gasteiger partial charge is 0.343 e. The third-order valence-electron chi connectivity index (χ3n) is 5.86. The van der Waals surface area contributed by atoms with Crippen LogP contribution in [0.3, 0.4) is 0 Å². The van der Waals surface area contributed by atoms with Gasteiger partial charge in [-0.1, -0.05) is 36.4 Å². The van der Waals surface area contributed by atoms with Gasteiger partial charge in [0.2, 0.25) is 0 Å². The number of carbonyl (C=O) groups excluding carboxylic acids is 5. The van der Waals surface area contributed by atoms with Gasteiger partial charge in [-0.2, -0.15) is 0 Å². The molecule has 0 N–H and O–H groups in total. The topological polar surface area (TPSA) is 107 Å². The van der Waals surface area contributed by atoms with Gasteiger partial charge in [0, 0.05) is 5.56 Å². The molecule has 5 rings (SSSR count). The van der Waals surface area contributed by atoms with Crippen molar-refractivity contribution >= 4 is 35.2 Å². The van der Waals surface area contributed by atoms with E-state index in [2.05, 4.69) is 0 Å². The third-order valence-corrected chi connectivity index (χ3v) is 5.86. The number of nitrogens with zero attached hydrogens (tertiary/aromatic N) is 1. The Labute approximate surface area is 217 Å². The van der Waals surface area contributed by atoms with Gasteiger partial charge in [0.25, 0.3) is 11.8 Å². The number of benzene rings is 4. The van der Waals surface area contributed by atoms with Crippen molar-refractivity contribution in [2.24, 2.45) is 0 Å². The zero-order chi connectivity index (χ0) is 26.6. The van der Waals surface area contributed by atoms with Crippen LogP contribution in [0.4, 0.5) is 5.69 Å². The van der Waals surface area contributed by atoms with Gasteiger partial charge in [0.05, 0.1) is 27.9 Å². The minimum absolute atomic E-state index is 0.0787. The summed E-state index contributed by atoms with van der Waals surface area (Å²) < 4.78 is 10.5. The first kappa shape index (κ1) is 24.3. The van der Waals surface area contributed by atoms with Crippen molar-refractivity contribution < 1.29 is 33.4 Å². The Morgan fingerprint density at radius 1 is 0.605 bits per heavy atom. The molecule has 0 bridgehead atoms. The van der Waals surface area contributed by atoms with Crippen LogP contribution in [0.15, 0.2) is 103 Å². The maximum Gasteiger partial charge on any atom is 0.343 e. The summed E-state index contributed by atoms with van der Waals surface area (Å²) in [6.45, 7) is -0.529. The van der Waals surface area contributed by atoms with Crippen LogP contribution in [0.1, 0.15) is 51.8 Å². The molecular formula is C30H19NO7. The van der Waals surface area contributed by atoms with E-state index >= 15 is 0 Å². The number of hydrogen-bond donors (Lipinski definition) is 0. The van der Waals surface area contributed by atoms with Gasteiger partial charge in [-0.3, -0.25) is 14.4 Å². The van der Waals surface area contributed by atoms with E-state index in [1.54, 1.807) is 54.6 Å². The Balaban J connectivity index is 1.20. The Bertz CT molecular complexity index is 1540. The number of ketones is 1. The van der Waals surface area contributed by atoms with Crippen molar-refractivity contribution in [2.75, 3.05) is 11.5 Å². The largest absolute Gasteiger partial charge is 0.454 e. The van der Waals surface area contributed by atoms with E-state index < -0.39 is 36.1 Å². The van der Waals surface area contributed by atoms with E-state index in [0.29, 0.717) is 5.56 Å². The quantitative estimate of drug-likeness (QED) is 0.154. The summed E-state index contributed by atoms with van der Waals surface area (Å²) >= 11 is 0. The number of imide groups is 1. The molecule has 0 saturated heterocycles. The SMILES string of the molecule is O=C(COC(=O)c1cccc(N2C(=O)c3ccccc3C2=O)c1)c1ccc(OC(=O)c2ccccc2)cc1. The first-order chi connectivity index (χ1) is 18.4. The second-order valence-corrected chi connectivity index (χ2v) is 8.32. The molecular weight excluding hydrogens is 486 g/mol. The van der Waals surface area contributed by atoms with Crippen molar-refractivity contribution in [2.45, 2.75) is 0 Å². The highest BCUT2D eigenvalue weighted by Gasteiger charge is 2.36. The molecule has 1 aliphatic heterocycles. The second-order valence-electron chi connectivity index (χ2n) is 8.32. The molecule has 0 fully saturated rings. The van der Waals surface area contributed by atoms with Gasteiger partial charge >= 0.3 is 11.9 Å². The van der Waals surface area contributed by atoms with E-state index in [9.17, 15) is 24.0 Å². The molecule has 0 saturated carbocycles. The summed E-state index contributed by atoms with van der Waals surface area (Å²) in [4.78, 5) is 63.8. The van der Waals surface area contributed by atoms with Crippen LogP contribution in [-0.2, 0) is 4.74 Å². The number of amides is 2. The molecule has 8 heteroatoms. The van der Waals surface area contributed by atoms with Crippen LogP contribution in [-0.4, -0.2) is 36.1 Å². The summed E-state index contributed by atoms with van der Waals surface area (Å²) in [6.07, 6.45) is 0. The monoisotopic (exact) mass is 505 g/mol. The van der Waals surface area contributed by atoms with Crippen LogP contribution < -0.4 is 9.64 Å². The summed E-state index contributed by atoms with van der Waals surface area (Å²) in [5.41, 5.74) is 1.53. The number of anilines is 1. The normalized spacial score (nSPS) is 12.2. The molecule has 1 heterocycles. The van der Waals surface area contributed by atoms with Crippen molar-refractivity contribution in [3.05, 3.63) is 131 Å². The lowest BCUT2D eigenvalue weighted by Crippen LogP contribution is -2.29. The van der Waals surface area contributed by atoms with E-state index in [-0.39, 0.29) is 33.7 Å². The molecule has 4 aromatic carbocycles. The predicted molar refractivity (Wildman–Crippen MR) is 136 cm³/mol. The summed E-state index contributed by atoms with van der Waals surface area (Å²) in [5.74, 6) is -2.48. The molecule has 8 nitrogen and oxygen atoms in total. The van der Waals surface area contributed by atoms with Gasteiger partial charge in [0.15, 0.2) is 12.4 Å². The van der Waals surface area contributed by atoms with E-state index in [1.165, 1.54) is 48.5 Å². The van der Waals surface area contributed by atoms with Gasteiger partial charge in [-0.05, 0) is 66.7 Å². The molecule has 0 aromatic heterocycles. The average molecular weight is 505 g/mol. The van der Waals surface area contributed by atoms with Gasteiger partial charge in [-0.25, -0.2) is 14.5 Å². The standard InChI is InChI=1S/C30H19NO7/c32-26(19-13-15-23(16-14-19)38-30(36)20-7-2-1-3-8-20)18-37-29(35)21-9-6-10-22(17-21)31-27(33)24-11-4-5-12-25(24)28(31)34/h1-17H,18H2. The molecule has 4 aromatic rings. The number of carbonyl (C=O) groups is 5. The van der Waals surface area contributed by atoms with Crippen molar-refractivity contribution in [3.63, 3.8) is 0 Å². The molecule has 1 aliphatic rings. The maximum atomic E-state index is 12.7. The fraction of sp³-hybridized carbons (Fsp3) is 0.0333. The summed E-state index contributed by atoms with van der Waals surface area (Å²) in [6, 6.07) is 26.7. The zero-order valence-corrected chi connectivity index (χ0v) is 19.8. The highest BCUT2D eigenvalue weighted by Crippen LogP contribution is 2.29. The highest BCUT2D eigenvalue weighted by molar-refractivity contribution is 6.34. The van der Waals surface area contributed by atoms with Crippen LogP contribution in [0.2, 0.25) is 0 Å². The van der Waals surface area contributed by atoms with Crippen molar-refractivity contribution in [1.82, 2.24) is 0 Å². The van der Waals surface area contributed by atoms with Crippen LogP contribution in [0.25, 0.3) is 0 Å². The van der Waals surface area contributed by atoms with Crippen molar-refractivity contribution in [3.8, 4) is 5.75 Å². The fourth-order valence-corrected chi connectivity index (χ4v) is 3.94. The van der Waals surface area contributed by atoms with E-state index in [4.69, 9.17) is 9.47 Å².